The summed E-state index contributed by atoms with van der Waals surface area (Å²) in [4.78, 5) is 13.8. The number of benzene rings is 1. The average Bonchev–Trinajstić information content (AvgIpc) is 3.07. The molecule has 4 nitrogen and oxygen atoms in total. The van der Waals surface area contributed by atoms with Crippen LogP contribution in [0.5, 0.6) is 0 Å². The van der Waals surface area contributed by atoms with E-state index in [4.69, 9.17) is 16.0 Å². The molecule has 2 aromatic rings. The van der Waals surface area contributed by atoms with Gasteiger partial charge in [0, 0.05) is 18.7 Å². The second-order valence-electron chi connectivity index (χ2n) is 4.84. The summed E-state index contributed by atoms with van der Waals surface area (Å²) in [5.41, 5.74) is 0.759. The quantitative estimate of drug-likeness (QED) is 0.926. The number of hydrogen-bond acceptors (Lipinski definition) is 3. The summed E-state index contributed by atoms with van der Waals surface area (Å²) in [5.74, 6) is 0.646. The summed E-state index contributed by atoms with van der Waals surface area (Å²) >= 11 is 6.11. The van der Waals surface area contributed by atoms with Crippen LogP contribution in [0.3, 0.4) is 0 Å². The first-order chi connectivity index (χ1) is 9.65. The van der Waals surface area contributed by atoms with Gasteiger partial charge in [-0.2, -0.15) is 0 Å². The number of amides is 1. The lowest BCUT2D eigenvalue weighted by Crippen LogP contribution is -2.29. The van der Waals surface area contributed by atoms with Gasteiger partial charge in [0.1, 0.15) is 5.76 Å². The highest BCUT2D eigenvalue weighted by molar-refractivity contribution is 6.33. The summed E-state index contributed by atoms with van der Waals surface area (Å²) < 4.78 is 5.60. The highest BCUT2D eigenvalue weighted by Gasteiger charge is 2.27. The molecule has 5 heteroatoms. The van der Waals surface area contributed by atoms with Gasteiger partial charge >= 0.3 is 0 Å². The van der Waals surface area contributed by atoms with Crippen LogP contribution in [0.1, 0.15) is 17.0 Å². The first kappa shape index (κ1) is 13.2. The predicted molar refractivity (Wildman–Crippen MR) is 75.7 cm³/mol. The number of aliphatic hydroxyl groups is 1. The van der Waals surface area contributed by atoms with Gasteiger partial charge in [0.15, 0.2) is 5.76 Å². The van der Waals surface area contributed by atoms with E-state index in [9.17, 15) is 9.90 Å². The van der Waals surface area contributed by atoms with Crippen molar-refractivity contribution in [2.24, 2.45) is 0 Å². The molecule has 1 aliphatic rings. The third-order valence-electron chi connectivity index (χ3n) is 3.41. The van der Waals surface area contributed by atoms with Gasteiger partial charge in [-0.15, -0.1) is 0 Å². The molecule has 0 spiro atoms. The Balaban J connectivity index is 1.84. The van der Waals surface area contributed by atoms with Gasteiger partial charge in [0.25, 0.3) is 5.91 Å². The number of nitrogens with zero attached hydrogens (tertiary/aromatic N) is 1. The van der Waals surface area contributed by atoms with Crippen LogP contribution in [-0.2, 0) is 0 Å². The molecule has 104 valence electrons. The number of β-amino-alcohol motifs (C(OH)–C–C–N with tert-alkyl or cyclic N) is 1. The fourth-order valence-corrected chi connectivity index (χ4v) is 2.57. The summed E-state index contributed by atoms with van der Waals surface area (Å²) in [6, 6.07) is 10.7. The second-order valence-corrected chi connectivity index (χ2v) is 5.24. The Morgan fingerprint density at radius 1 is 1.30 bits per heavy atom. The monoisotopic (exact) mass is 291 g/mol. The van der Waals surface area contributed by atoms with Crippen molar-refractivity contribution in [3.05, 3.63) is 47.2 Å². The van der Waals surface area contributed by atoms with Crippen molar-refractivity contribution >= 4 is 17.5 Å². The van der Waals surface area contributed by atoms with Crippen molar-refractivity contribution < 1.29 is 14.3 Å². The number of carbonyl (C=O) groups excluding carboxylic acids is 1. The van der Waals surface area contributed by atoms with Crippen molar-refractivity contribution in [1.29, 1.82) is 0 Å². The molecule has 0 aliphatic carbocycles. The minimum Gasteiger partial charge on any atom is -0.451 e. The van der Waals surface area contributed by atoms with E-state index in [0.717, 1.165) is 5.56 Å². The highest BCUT2D eigenvalue weighted by Crippen LogP contribution is 2.29. The number of likely N-dealkylation sites (tertiary alicyclic amines) is 1. The summed E-state index contributed by atoms with van der Waals surface area (Å²) in [6.45, 7) is 0.920. The van der Waals surface area contributed by atoms with Gasteiger partial charge in [0.2, 0.25) is 0 Å². The Morgan fingerprint density at radius 3 is 2.80 bits per heavy atom. The third kappa shape index (κ3) is 2.44. The third-order valence-corrected chi connectivity index (χ3v) is 3.74. The standard InChI is InChI=1S/C15H14ClNO3/c16-12-4-2-1-3-11(12)13-5-6-14(20-13)15(19)17-8-7-10(18)9-17/h1-6,10,18H,7-9H2/t10-/m0/s1. The minimum absolute atomic E-state index is 0.195. The molecule has 1 fully saturated rings. The topological polar surface area (TPSA) is 53.7 Å². The Kier molecular flexibility index (Phi) is 3.51. The molecule has 0 radical (unpaired) electrons. The van der Waals surface area contributed by atoms with Gasteiger partial charge in [-0.05, 0) is 30.7 Å². The van der Waals surface area contributed by atoms with Crippen LogP contribution in [0.2, 0.25) is 5.02 Å². The van der Waals surface area contributed by atoms with Crippen LogP contribution in [0.25, 0.3) is 11.3 Å². The molecule has 1 saturated heterocycles. The molecule has 1 aromatic carbocycles. The van der Waals surface area contributed by atoms with Crippen LogP contribution in [0, 0.1) is 0 Å². The largest absolute Gasteiger partial charge is 0.451 e. The van der Waals surface area contributed by atoms with Gasteiger partial charge in [-0.3, -0.25) is 4.79 Å². The van der Waals surface area contributed by atoms with E-state index in [1.165, 1.54) is 0 Å². The minimum atomic E-state index is -0.433. The number of carbonyl (C=O) groups is 1. The molecule has 1 atom stereocenters. The summed E-state index contributed by atoms with van der Waals surface area (Å²) in [7, 11) is 0. The zero-order valence-corrected chi connectivity index (χ0v) is 11.5. The van der Waals surface area contributed by atoms with E-state index in [0.29, 0.717) is 30.3 Å². The van der Waals surface area contributed by atoms with Crippen LogP contribution in [0.15, 0.2) is 40.8 Å². The molecule has 3 rings (SSSR count). The van der Waals surface area contributed by atoms with Crippen LogP contribution in [-0.4, -0.2) is 35.1 Å². The molecular formula is C15H14ClNO3. The van der Waals surface area contributed by atoms with E-state index < -0.39 is 6.10 Å². The first-order valence-electron chi connectivity index (χ1n) is 6.47. The fraction of sp³-hybridized carbons (Fsp3) is 0.267. The predicted octanol–water partition coefficient (Wildman–Crippen LogP) is 2.81. The molecule has 1 N–H and O–H groups in total. The number of rotatable bonds is 2. The molecule has 0 unspecified atom stereocenters. The first-order valence-corrected chi connectivity index (χ1v) is 6.85. The van der Waals surface area contributed by atoms with Gasteiger partial charge in [0.05, 0.1) is 11.1 Å². The van der Waals surface area contributed by atoms with E-state index in [1.54, 1.807) is 23.1 Å². The molecule has 0 saturated carbocycles. The van der Waals surface area contributed by atoms with Crippen molar-refractivity contribution in [1.82, 2.24) is 4.90 Å². The summed E-state index contributed by atoms with van der Waals surface area (Å²) in [5, 5.41) is 10.1. The maximum atomic E-state index is 12.2. The molecule has 1 amide bonds. The van der Waals surface area contributed by atoms with Crippen LogP contribution >= 0.6 is 11.6 Å². The van der Waals surface area contributed by atoms with E-state index >= 15 is 0 Å². The summed E-state index contributed by atoms with van der Waals surface area (Å²) in [6.07, 6.45) is 0.182. The maximum absolute atomic E-state index is 12.2. The zero-order chi connectivity index (χ0) is 14.1. The van der Waals surface area contributed by atoms with Crippen molar-refractivity contribution in [3.8, 4) is 11.3 Å². The van der Waals surface area contributed by atoms with Crippen molar-refractivity contribution in [3.63, 3.8) is 0 Å². The smallest absolute Gasteiger partial charge is 0.289 e. The van der Waals surface area contributed by atoms with Crippen molar-refractivity contribution in [2.75, 3.05) is 13.1 Å². The lowest BCUT2D eigenvalue weighted by molar-refractivity contribution is 0.0735. The molecule has 1 aromatic heterocycles. The second kappa shape index (κ2) is 5.31. The lowest BCUT2D eigenvalue weighted by atomic mass is 10.2. The fourth-order valence-electron chi connectivity index (χ4n) is 2.34. The number of furan rings is 1. The number of halogens is 1. The molecule has 0 bridgehead atoms. The highest BCUT2D eigenvalue weighted by atomic mass is 35.5. The average molecular weight is 292 g/mol. The maximum Gasteiger partial charge on any atom is 0.289 e. The lowest BCUT2D eigenvalue weighted by Gasteiger charge is -2.13. The van der Waals surface area contributed by atoms with Crippen molar-refractivity contribution in [2.45, 2.75) is 12.5 Å². The van der Waals surface area contributed by atoms with E-state index in [-0.39, 0.29) is 11.7 Å². The normalized spacial score (nSPS) is 18.5. The SMILES string of the molecule is O=C(c1ccc(-c2ccccc2Cl)o1)N1CC[C@H](O)C1. The van der Waals surface area contributed by atoms with Gasteiger partial charge < -0.3 is 14.4 Å². The Hall–Kier alpha value is -1.78. The Labute approximate surface area is 121 Å². The zero-order valence-electron chi connectivity index (χ0n) is 10.8. The van der Waals surface area contributed by atoms with Crippen LogP contribution in [0.4, 0.5) is 0 Å². The number of aliphatic hydroxyl groups excluding tert-OH is 1. The van der Waals surface area contributed by atoms with E-state index in [1.807, 2.05) is 18.2 Å². The molecule has 20 heavy (non-hydrogen) atoms. The number of hydrogen-bond donors (Lipinski definition) is 1. The molecular weight excluding hydrogens is 278 g/mol. The van der Waals surface area contributed by atoms with E-state index in [2.05, 4.69) is 0 Å². The Morgan fingerprint density at radius 2 is 2.10 bits per heavy atom. The molecule has 2 heterocycles. The van der Waals surface area contributed by atoms with Gasteiger partial charge in [-0.1, -0.05) is 23.7 Å². The Bertz CT molecular complexity index is 638. The van der Waals surface area contributed by atoms with Crippen LogP contribution < -0.4 is 0 Å². The van der Waals surface area contributed by atoms with Gasteiger partial charge in [-0.25, -0.2) is 0 Å². The molecule has 1 aliphatic heterocycles.